The van der Waals surface area contributed by atoms with Crippen LogP contribution in [0.5, 0.6) is 0 Å². The van der Waals surface area contributed by atoms with Crippen LogP contribution in [0.1, 0.15) is 26.7 Å². The van der Waals surface area contributed by atoms with E-state index in [-0.39, 0.29) is 0 Å². The van der Waals surface area contributed by atoms with Gasteiger partial charge < -0.3 is 0 Å². The van der Waals surface area contributed by atoms with E-state index in [0.717, 1.165) is 26.1 Å². The van der Waals surface area contributed by atoms with E-state index in [1.807, 2.05) is 10.3 Å². The number of hydroxylamine groups is 2. The second-order valence-corrected chi connectivity index (χ2v) is 3.55. The molecule has 0 bridgehead atoms. The highest BCUT2D eigenvalue weighted by molar-refractivity contribution is 4.68. The molecule has 2 atom stereocenters. The van der Waals surface area contributed by atoms with Crippen LogP contribution in [0.3, 0.4) is 0 Å². The predicted octanol–water partition coefficient (Wildman–Crippen LogP) is 0.953. The molecule has 2 heterocycles. The van der Waals surface area contributed by atoms with Crippen LogP contribution in [0.15, 0.2) is 0 Å². The van der Waals surface area contributed by atoms with Crippen LogP contribution in [-0.2, 0) is 9.68 Å². The van der Waals surface area contributed by atoms with Crippen LogP contribution in [0.2, 0.25) is 0 Å². The molecular weight excluding hydrogens is 156 g/mol. The van der Waals surface area contributed by atoms with Crippen molar-refractivity contribution in [3.05, 3.63) is 0 Å². The highest BCUT2D eigenvalue weighted by atomic mass is 16.9. The first-order valence-electron chi connectivity index (χ1n) is 4.63. The van der Waals surface area contributed by atoms with Gasteiger partial charge in [-0.3, -0.25) is 9.68 Å². The molecule has 2 rings (SSSR count). The van der Waals surface area contributed by atoms with Crippen molar-refractivity contribution < 1.29 is 9.68 Å². The van der Waals surface area contributed by atoms with Gasteiger partial charge in [0.15, 0.2) is 0 Å². The van der Waals surface area contributed by atoms with E-state index < -0.39 is 0 Å². The first-order valence-corrected chi connectivity index (χ1v) is 4.63. The van der Waals surface area contributed by atoms with E-state index in [9.17, 15) is 0 Å². The number of rotatable bonds is 1. The van der Waals surface area contributed by atoms with Crippen molar-refractivity contribution in [1.82, 2.24) is 10.3 Å². The van der Waals surface area contributed by atoms with Gasteiger partial charge in [0.25, 0.3) is 0 Å². The van der Waals surface area contributed by atoms with E-state index in [1.165, 1.54) is 0 Å². The third-order valence-electron chi connectivity index (χ3n) is 2.47. The molecule has 0 N–H and O–H groups in total. The van der Waals surface area contributed by atoms with Gasteiger partial charge in [-0.05, 0) is 26.7 Å². The zero-order valence-corrected chi connectivity index (χ0v) is 7.69. The Morgan fingerprint density at radius 2 is 1.33 bits per heavy atom. The summed E-state index contributed by atoms with van der Waals surface area (Å²) in [7, 11) is 0. The van der Waals surface area contributed by atoms with Gasteiger partial charge in [-0.15, -0.1) is 0 Å². The summed E-state index contributed by atoms with van der Waals surface area (Å²) in [5.41, 5.74) is 0. The van der Waals surface area contributed by atoms with Gasteiger partial charge in [-0.25, -0.2) is 0 Å². The van der Waals surface area contributed by atoms with Gasteiger partial charge in [-0.2, -0.15) is 0 Å². The van der Waals surface area contributed by atoms with E-state index in [1.54, 1.807) is 0 Å². The average molecular weight is 172 g/mol. The molecule has 0 amide bonds. The van der Waals surface area contributed by atoms with Crippen LogP contribution >= 0.6 is 0 Å². The molecule has 4 heteroatoms. The Morgan fingerprint density at radius 1 is 0.917 bits per heavy atom. The highest BCUT2D eigenvalue weighted by Crippen LogP contribution is 2.23. The molecule has 0 radical (unpaired) electrons. The zero-order valence-electron chi connectivity index (χ0n) is 7.69. The molecular formula is C8H16N2O2. The quantitative estimate of drug-likeness (QED) is 0.588. The fourth-order valence-corrected chi connectivity index (χ4v) is 1.61. The Morgan fingerprint density at radius 3 is 1.58 bits per heavy atom. The van der Waals surface area contributed by atoms with E-state index in [0.29, 0.717) is 12.1 Å². The predicted molar refractivity (Wildman–Crippen MR) is 43.7 cm³/mol. The van der Waals surface area contributed by atoms with Gasteiger partial charge in [0.05, 0.1) is 25.3 Å². The summed E-state index contributed by atoms with van der Waals surface area (Å²) in [4.78, 5) is 10.9. The number of nitrogens with zero attached hydrogens (tertiary/aromatic N) is 2. The van der Waals surface area contributed by atoms with Crippen LogP contribution < -0.4 is 0 Å². The third-order valence-corrected chi connectivity index (χ3v) is 2.47. The summed E-state index contributed by atoms with van der Waals surface area (Å²) in [5.74, 6) is 0. The lowest BCUT2D eigenvalue weighted by molar-refractivity contribution is -0.389. The third kappa shape index (κ3) is 1.35. The zero-order chi connectivity index (χ0) is 8.55. The monoisotopic (exact) mass is 172 g/mol. The highest BCUT2D eigenvalue weighted by Gasteiger charge is 2.34. The van der Waals surface area contributed by atoms with E-state index in [2.05, 4.69) is 13.8 Å². The summed E-state index contributed by atoms with van der Waals surface area (Å²) in [6, 6.07) is 0.899. The minimum Gasteiger partial charge on any atom is -0.282 e. The maximum atomic E-state index is 5.45. The second kappa shape index (κ2) is 3.30. The van der Waals surface area contributed by atoms with E-state index in [4.69, 9.17) is 9.68 Å². The van der Waals surface area contributed by atoms with E-state index >= 15 is 0 Å². The molecule has 0 aliphatic carbocycles. The fraction of sp³-hybridized carbons (Fsp3) is 1.00. The molecule has 70 valence electrons. The molecule has 4 nitrogen and oxygen atoms in total. The van der Waals surface area contributed by atoms with Crippen molar-refractivity contribution in [2.24, 2.45) is 0 Å². The Bertz CT molecular complexity index is 147. The summed E-state index contributed by atoms with van der Waals surface area (Å²) >= 11 is 0. The van der Waals surface area contributed by atoms with Crippen LogP contribution in [0, 0.1) is 0 Å². The molecule has 0 aromatic rings. The summed E-state index contributed by atoms with van der Waals surface area (Å²) in [5, 5.41) is 3.75. The fourth-order valence-electron chi connectivity index (χ4n) is 1.61. The number of hydrazine groups is 1. The van der Waals surface area contributed by atoms with Crippen molar-refractivity contribution in [3.8, 4) is 0 Å². The molecule has 0 saturated carbocycles. The molecule has 0 spiro atoms. The van der Waals surface area contributed by atoms with Crippen LogP contribution in [0.4, 0.5) is 0 Å². The number of hydrogen-bond donors (Lipinski definition) is 0. The normalized spacial score (nSPS) is 39.5. The molecule has 0 aromatic heterocycles. The molecule has 2 fully saturated rings. The largest absolute Gasteiger partial charge is 0.282 e. The van der Waals surface area contributed by atoms with Crippen molar-refractivity contribution >= 4 is 0 Å². The SMILES string of the molecule is CC1CCON1N1OCCC1C. The minimum atomic E-state index is 0.450. The lowest BCUT2D eigenvalue weighted by Crippen LogP contribution is -2.44. The van der Waals surface area contributed by atoms with Crippen molar-refractivity contribution in [2.45, 2.75) is 38.8 Å². The minimum absolute atomic E-state index is 0.450. The van der Waals surface area contributed by atoms with Gasteiger partial charge in [0, 0.05) is 0 Å². The molecule has 2 unspecified atom stereocenters. The standard InChI is InChI=1S/C8H16N2O2/c1-7-3-5-11-9(7)10-8(2)4-6-12-10/h7-8H,3-6H2,1-2H3. The lowest BCUT2D eigenvalue weighted by atomic mass is 10.2. The molecule has 2 aliphatic heterocycles. The molecule has 0 aromatic carbocycles. The summed E-state index contributed by atoms with van der Waals surface area (Å²) in [6.45, 7) is 5.93. The lowest BCUT2D eigenvalue weighted by Gasteiger charge is -2.30. The topological polar surface area (TPSA) is 24.9 Å². The van der Waals surface area contributed by atoms with Gasteiger partial charge in [-0.1, -0.05) is 10.3 Å². The second-order valence-electron chi connectivity index (χ2n) is 3.55. The molecule has 2 aliphatic rings. The maximum Gasteiger partial charge on any atom is 0.0719 e. The Balaban J connectivity index is 1.98. The Kier molecular flexibility index (Phi) is 2.32. The van der Waals surface area contributed by atoms with Gasteiger partial charge >= 0.3 is 0 Å². The van der Waals surface area contributed by atoms with Crippen LogP contribution in [-0.4, -0.2) is 35.6 Å². The summed E-state index contributed by atoms with van der Waals surface area (Å²) < 4.78 is 0. The Hall–Kier alpha value is -0.160. The molecule has 2 saturated heterocycles. The van der Waals surface area contributed by atoms with Crippen LogP contribution in [0.25, 0.3) is 0 Å². The number of hydrogen-bond acceptors (Lipinski definition) is 4. The smallest absolute Gasteiger partial charge is 0.0719 e. The summed E-state index contributed by atoms with van der Waals surface area (Å²) in [6.07, 6.45) is 2.18. The van der Waals surface area contributed by atoms with Crippen molar-refractivity contribution in [3.63, 3.8) is 0 Å². The molecule has 12 heavy (non-hydrogen) atoms. The maximum absolute atomic E-state index is 5.45. The first kappa shape index (κ1) is 8.44. The van der Waals surface area contributed by atoms with Crippen molar-refractivity contribution in [2.75, 3.05) is 13.2 Å². The average Bonchev–Trinajstić information content (AvgIpc) is 2.59. The first-order chi connectivity index (χ1) is 5.79. The van der Waals surface area contributed by atoms with Gasteiger partial charge in [0.1, 0.15) is 0 Å². The van der Waals surface area contributed by atoms with Gasteiger partial charge in [0.2, 0.25) is 0 Å². The van der Waals surface area contributed by atoms with Crippen molar-refractivity contribution in [1.29, 1.82) is 0 Å². The Labute approximate surface area is 72.9 Å².